The fourth-order valence-electron chi connectivity index (χ4n) is 4.03. The molecule has 6 nitrogen and oxygen atoms in total. The van der Waals surface area contributed by atoms with E-state index in [4.69, 9.17) is 5.73 Å². The fourth-order valence-corrected chi connectivity index (χ4v) is 4.03. The van der Waals surface area contributed by atoms with Crippen LogP contribution < -0.4 is 11.1 Å². The third-order valence-electron chi connectivity index (χ3n) is 5.68. The predicted octanol–water partition coefficient (Wildman–Crippen LogP) is 2.80. The molecule has 0 aromatic carbocycles. The highest BCUT2D eigenvalue weighted by Crippen LogP contribution is 2.47. The normalized spacial score (nSPS) is 22.3. The molecule has 1 unspecified atom stereocenters. The van der Waals surface area contributed by atoms with Crippen molar-refractivity contribution in [2.24, 2.45) is 11.1 Å². The standard InChI is InChI=1S/C18H25N5O/c1-12(2)15-16(23-9-4-3-6-14(23)20-15)21-17(24)22-10-13(19)18(11-22)7-5-8-18/h3-4,6,9,12-13H,5,7-8,10-11,19H2,1-2H3,(H,21,24). The number of carbonyl (C=O) groups is 1. The maximum atomic E-state index is 12.8. The summed E-state index contributed by atoms with van der Waals surface area (Å²) in [4.78, 5) is 19.4. The van der Waals surface area contributed by atoms with E-state index in [1.54, 1.807) is 0 Å². The molecule has 3 N–H and O–H groups in total. The third kappa shape index (κ3) is 2.28. The van der Waals surface area contributed by atoms with Gasteiger partial charge < -0.3 is 10.6 Å². The maximum absolute atomic E-state index is 12.8. The van der Waals surface area contributed by atoms with Crippen LogP contribution in [0.5, 0.6) is 0 Å². The molecule has 1 spiro atoms. The molecule has 6 heteroatoms. The van der Waals surface area contributed by atoms with Gasteiger partial charge in [0.1, 0.15) is 11.5 Å². The zero-order chi connectivity index (χ0) is 16.9. The molecule has 3 heterocycles. The molecule has 1 saturated heterocycles. The van der Waals surface area contributed by atoms with E-state index in [0.29, 0.717) is 6.54 Å². The number of carbonyl (C=O) groups excluding carboxylic acids is 1. The molecule has 1 aliphatic carbocycles. The Morgan fingerprint density at radius 1 is 1.42 bits per heavy atom. The van der Waals surface area contributed by atoms with Crippen molar-refractivity contribution in [3.05, 3.63) is 30.1 Å². The van der Waals surface area contributed by atoms with Crippen molar-refractivity contribution in [3.63, 3.8) is 0 Å². The number of nitrogens with two attached hydrogens (primary N) is 1. The highest BCUT2D eigenvalue weighted by atomic mass is 16.2. The van der Waals surface area contributed by atoms with Crippen LogP contribution in [0.15, 0.2) is 24.4 Å². The molecule has 0 bridgehead atoms. The summed E-state index contributed by atoms with van der Waals surface area (Å²) >= 11 is 0. The number of aromatic nitrogens is 2. The van der Waals surface area contributed by atoms with Gasteiger partial charge in [0.05, 0.1) is 5.69 Å². The molecule has 2 amide bonds. The van der Waals surface area contributed by atoms with Gasteiger partial charge in [-0.25, -0.2) is 9.78 Å². The Morgan fingerprint density at radius 3 is 2.83 bits per heavy atom. The number of nitrogens with one attached hydrogen (secondary N) is 1. The molecular formula is C18H25N5O. The number of pyridine rings is 1. The molecule has 24 heavy (non-hydrogen) atoms. The van der Waals surface area contributed by atoms with Crippen molar-refractivity contribution in [2.75, 3.05) is 18.4 Å². The van der Waals surface area contributed by atoms with E-state index < -0.39 is 0 Å². The number of rotatable bonds is 2. The van der Waals surface area contributed by atoms with Crippen molar-refractivity contribution < 1.29 is 4.79 Å². The van der Waals surface area contributed by atoms with Crippen molar-refractivity contribution in [1.82, 2.24) is 14.3 Å². The minimum Gasteiger partial charge on any atom is -0.326 e. The molecular weight excluding hydrogens is 302 g/mol. The summed E-state index contributed by atoms with van der Waals surface area (Å²) in [6.07, 6.45) is 5.45. The molecule has 1 aliphatic heterocycles. The monoisotopic (exact) mass is 327 g/mol. The summed E-state index contributed by atoms with van der Waals surface area (Å²) in [5.74, 6) is 1.01. The van der Waals surface area contributed by atoms with Crippen molar-refractivity contribution in [2.45, 2.75) is 45.1 Å². The van der Waals surface area contributed by atoms with Gasteiger partial charge >= 0.3 is 6.03 Å². The van der Waals surface area contributed by atoms with E-state index in [9.17, 15) is 4.79 Å². The van der Waals surface area contributed by atoms with Crippen LogP contribution in [-0.4, -0.2) is 39.4 Å². The second-order valence-electron chi connectivity index (χ2n) is 7.56. The molecule has 2 aliphatic rings. The van der Waals surface area contributed by atoms with Gasteiger partial charge in [0.15, 0.2) is 0 Å². The smallest absolute Gasteiger partial charge is 0.323 e. The average Bonchev–Trinajstić information content (AvgIpc) is 3.06. The van der Waals surface area contributed by atoms with E-state index in [2.05, 4.69) is 24.1 Å². The Hall–Kier alpha value is -2.08. The molecule has 2 fully saturated rings. The fraction of sp³-hybridized carbons (Fsp3) is 0.556. The van der Waals surface area contributed by atoms with E-state index in [1.807, 2.05) is 33.7 Å². The summed E-state index contributed by atoms with van der Waals surface area (Å²) in [5.41, 5.74) is 8.24. The number of urea groups is 1. The number of amides is 2. The minimum absolute atomic E-state index is 0.0678. The maximum Gasteiger partial charge on any atom is 0.323 e. The topological polar surface area (TPSA) is 75.7 Å². The SMILES string of the molecule is CC(C)c1nc2ccccn2c1NC(=O)N1CC(N)C2(CCC2)C1. The number of hydrogen-bond donors (Lipinski definition) is 2. The van der Waals surface area contributed by atoms with E-state index in [1.165, 1.54) is 6.42 Å². The second kappa shape index (κ2) is 5.48. The predicted molar refractivity (Wildman–Crippen MR) is 94.1 cm³/mol. The quantitative estimate of drug-likeness (QED) is 0.890. The van der Waals surface area contributed by atoms with Gasteiger partial charge in [0.25, 0.3) is 0 Å². The van der Waals surface area contributed by atoms with Gasteiger partial charge in [-0.05, 0) is 30.9 Å². The van der Waals surface area contributed by atoms with Crippen LogP contribution in [-0.2, 0) is 0 Å². The largest absolute Gasteiger partial charge is 0.326 e. The number of hydrogen-bond acceptors (Lipinski definition) is 3. The first-order valence-electron chi connectivity index (χ1n) is 8.79. The van der Waals surface area contributed by atoms with Crippen LogP contribution in [0.25, 0.3) is 5.65 Å². The molecule has 128 valence electrons. The second-order valence-corrected chi connectivity index (χ2v) is 7.56. The Balaban J connectivity index is 1.60. The van der Waals surface area contributed by atoms with Crippen LogP contribution >= 0.6 is 0 Å². The Labute approximate surface area is 142 Å². The molecule has 2 aromatic heterocycles. The lowest BCUT2D eigenvalue weighted by Crippen LogP contribution is -2.45. The van der Waals surface area contributed by atoms with Gasteiger partial charge in [0.2, 0.25) is 0 Å². The molecule has 0 radical (unpaired) electrons. The lowest BCUT2D eigenvalue weighted by Gasteiger charge is -2.41. The molecule has 1 atom stereocenters. The Morgan fingerprint density at radius 2 is 2.21 bits per heavy atom. The first-order valence-corrected chi connectivity index (χ1v) is 8.79. The minimum atomic E-state index is -0.0678. The van der Waals surface area contributed by atoms with Crippen LogP contribution in [0.2, 0.25) is 0 Å². The van der Waals surface area contributed by atoms with E-state index >= 15 is 0 Å². The summed E-state index contributed by atoms with van der Waals surface area (Å²) in [7, 11) is 0. The number of anilines is 1. The van der Waals surface area contributed by atoms with E-state index in [0.717, 1.165) is 36.5 Å². The summed E-state index contributed by atoms with van der Waals surface area (Å²) in [6, 6.07) is 5.89. The third-order valence-corrected chi connectivity index (χ3v) is 5.68. The molecule has 2 aromatic rings. The number of fused-ring (bicyclic) bond motifs is 1. The number of imidazole rings is 1. The van der Waals surface area contributed by atoms with Crippen molar-refractivity contribution >= 4 is 17.5 Å². The van der Waals surface area contributed by atoms with Crippen LogP contribution in [0, 0.1) is 5.41 Å². The summed E-state index contributed by atoms with van der Waals surface area (Å²) < 4.78 is 1.95. The first-order chi connectivity index (χ1) is 11.5. The Kier molecular flexibility index (Phi) is 3.53. The number of nitrogens with zero attached hydrogens (tertiary/aromatic N) is 3. The Bertz CT molecular complexity index is 777. The van der Waals surface area contributed by atoms with Gasteiger partial charge in [-0.3, -0.25) is 9.72 Å². The van der Waals surface area contributed by atoms with Crippen molar-refractivity contribution in [1.29, 1.82) is 0 Å². The highest BCUT2D eigenvalue weighted by molar-refractivity contribution is 5.90. The van der Waals surface area contributed by atoms with E-state index in [-0.39, 0.29) is 23.4 Å². The zero-order valence-electron chi connectivity index (χ0n) is 14.3. The lowest BCUT2D eigenvalue weighted by atomic mass is 9.66. The van der Waals surface area contributed by atoms with Crippen molar-refractivity contribution in [3.8, 4) is 0 Å². The van der Waals surface area contributed by atoms with Gasteiger partial charge in [-0.1, -0.05) is 26.3 Å². The lowest BCUT2D eigenvalue weighted by molar-refractivity contribution is 0.127. The van der Waals surface area contributed by atoms with Crippen LogP contribution in [0.1, 0.15) is 44.7 Å². The molecule has 4 rings (SSSR count). The zero-order valence-corrected chi connectivity index (χ0v) is 14.3. The van der Waals surface area contributed by atoms with Crippen LogP contribution in [0.3, 0.4) is 0 Å². The highest BCUT2D eigenvalue weighted by Gasteiger charge is 2.50. The molecule has 1 saturated carbocycles. The summed E-state index contributed by atoms with van der Waals surface area (Å²) in [5, 5.41) is 3.10. The average molecular weight is 327 g/mol. The van der Waals surface area contributed by atoms with Gasteiger partial charge in [-0.2, -0.15) is 0 Å². The van der Waals surface area contributed by atoms with Gasteiger partial charge in [-0.15, -0.1) is 0 Å². The van der Waals surface area contributed by atoms with Crippen LogP contribution in [0.4, 0.5) is 10.6 Å². The summed E-state index contributed by atoms with van der Waals surface area (Å²) in [6.45, 7) is 5.59. The van der Waals surface area contributed by atoms with Gasteiger partial charge in [0, 0.05) is 30.7 Å². The number of likely N-dealkylation sites (tertiary alicyclic amines) is 1. The first kappa shape index (κ1) is 15.4.